The molecular weight excluding hydrogens is 310 g/mol. The van der Waals surface area contributed by atoms with Gasteiger partial charge in [0.15, 0.2) is 0 Å². The lowest BCUT2D eigenvalue weighted by Crippen LogP contribution is -2.33. The predicted molar refractivity (Wildman–Crippen MR) is 102 cm³/mol. The van der Waals surface area contributed by atoms with Crippen LogP contribution in [0, 0.1) is 11.8 Å². The Balaban J connectivity index is 1.41. The molecular formula is C21H33N3O. The van der Waals surface area contributed by atoms with Gasteiger partial charge in [-0.05, 0) is 36.8 Å². The molecule has 138 valence electrons. The average Bonchev–Trinajstić information content (AvgIpc) is 3.09. The van der Waals surface area contributed by atoms with Crippen molar-refractivity contribution in [2.45, 2.75) is 44.4 Å². The van der Waals surface area contributed by atoms with Crippen molar-refractivity contribution >= 4 is 5.91 Å². The second-order valence-electron chi connectivity index (χ2n) is 7.83. The van der Waals surface area contributed by atoms with Crippen LogP contribution in [0.3, 0.4) is 0 Å². The van der Waals surface area contributed by atoms with Crippen molar-refractivity contribution in [2.24, 2.45) is 17.6 Å². The van der Waals surface area contributed by atoms with Gasteiger partial charge in [-0.3, -0.25) is 4.79 Å². The molecule has 1 aliphatic carbocycles. The summed E-state index contributed by atoms with van der Waals surface area (Å²) in [7, 11) is 0. The van der Waals surface area contributed by atoms with Gasteiger partial charge in [0.1, 0.15) is 0 Å². The van der Waals surface area contributed by atoms with Crippen molar-refractivity contribution < 1.29 is 4.79 Å². The zero-order valence-electron chi connectivity index (χ0n) is 15.3. The number of benzene rings is 1. The Morgan fingerprint density at radius 2 is 1.88 bits per heavy atom. The largest absolute Gasteiger partial charge is 0.356 e. The number of hydrogen-bond acceptors (Lipinski definition) is 3. The highest BCUT2D eigenvalue weighted by molar-refractivity contribution is 5.76. The predicted octanol–water partition coefficient (Wildman–Crippen LogP) is 2.75. The molecule has 3 N–H and O–H groups in total. The van der Waals surface area contributed by atoms with E-state index in [2.05, 4.69) is 40.5 Å². The molecule has 1 aromatic rings. The molecule has 0 radical (unpaired) electrons. The highest BCUT2D eigenvalue weighted by Gasteiger charge is 2.32. The van der Waals surface area contributed by atoms with E-state index in [1.54, 1.807) is 0 Å². The van der Waals surface area contributed by atoms with Gasteiger partial charge in [0.05, 0.1) is 0 Å². The minimum atomic E-state index is 0.207. The first-order valence-electron chi connectivity index (χ1n) is 10.0. The molecule has 1 aromatic carbocycles. The number of hydrogen-bond donors (Lipinski definition) is 2. The van der Waals surface area contributed by atoms with Gasteiger partial charge in [-0.25, -0.2) is 0 Å². The van der Waals surface area contributed by atoms with E-state index >= 15 is 0 Å². The van der Waals surface area contributed by atoms with E-state index in [-0.39, 0.29) is 5.91 Å². The third-order valence-electron chi connectivity index (χ3n) is 6.01. The molecule has 25 heavy (non-hydrogen) atoms. The van der Waals surface area contributed by atoms with Crippen LogP contribution in [0.2, 0.25) is 0 Å². The first-order chi connectivity index (χ1) is 12.3. The monoisotopic (exact) mass is 343 g/mol. The highest BCUT2D eigenvalue weighted by Crippen LogP contribution is 2.31. The number of amides is 1. The van der Waals surface area contributed by atoms with Gasteiger partial charge >= 0.3 is 0 Å². The summed E-state index contributed by atoms with van der Waals surface area (Å²) in [6.45, 7) is 4.45. The van der Waals surface area contributed by atoms with Gasteiger partial charge in [0, 0.05) is 38.5 Å². The van der Waals surface area contributed by atoms with Crippen LogP contribution in [0.25, 0.3) is 0 Å². The van der Waals surface area contributed by atoms with Crippen LogP contribution < -0.4 is 11.1 Å². The van der Waals surface area contributed by atoms with E-state index in [9.17, 15) is 4.79 Å². The highest BCUT2D eigenvalue weighted by atomic mass is 16.1. The average molecular weight is 344 g/mol. The molecule has 0 aromatic heterocycles. The van der Waals surface area contributed by atoms with Crippen molar-refractivity contribution in [3.8, 4) is 0 Å². The fourth-order valence-electron chi connectivity index (χ4n) is 4.46. The lowest BCUT2D eigenvalue weighted by Gasteiger charge is -2.22. The number of rotatable bonds is 7. The van der Waals surface area contributed by atoms with E-state index in [4.69, 9.17) is 5.73 Å². The zero-order chi connectivity index (χ0) is 17.5. The van der Waals surface area contributed by atoms with E-state index < -0.39 is 0 Å². The van der Waals surface area contributed by atoms with Crippen LogP contribution in [-0.4, -0.2) is 43.5 Å². The van der Waals surface area contributed by atoms with E-state index in [0.717, 1.165) is 26.2 Å². The van der Waals surface area contributed by atoms with Gasteiger partial charge in [-0.15, -0.1) is 0 Å². The standard InChI is InChI=1S/C21H33N3O/c22-13-19-15-24(16-20(19)18-9-5-2-6-10-18)12-11-21(25)23-14-17-7-3-1-4-8-17/h2,5-6,9-10,17,19-20H,1,3-4,7-8,11-16,22H2,(H,23,25)/t19-,20+/m1/s1. The number of likely N-dealkylation sites (tertiary alicyclic amines) is 1. The smallest absolute Gasteiger partial charge is 0.221 e. The Morgan fingerprint density at radius 1 is 1.12 bits per heavy atom. The van der Waals surface area contributed by atoms with Crippen LogP contribution in [-0.2, 0) is 4.79 Å². The second kappa shape index (κ2) is 9.35. The summed E-state index contributed by atoms with van der Waals surface area (Å²) in [5.41, 5.74) is 7.38. The number of carbonyl (C=O) groups excluding carboxylic acids is 1. The van der Waals surface area contributed by atoms with Crippen LogP contribution >= 0.6 is 0 Å². The molecule has 4 heteroatoms. The number of nitrogens with zero attached hydrogens (tertiary/aromatic N) is 1. The quantitative estimate of drug-likeness (QED) is 0.800. The maximum Gasteiger partial charge on any atom is 0.221 e. The Kier molecular flexibility index (Phi) is 6.88. The zero-order valence-corrected chi connectivity index (χ0v) is 15.3. The van der Waals surface area contributed by atoms with Crippen LogP contribution in [0.5, 0.6) is 0 Å². The molecule has 4 nitrogen and oxygen atoms in total. The maximum atomic E-state index is 12.2. The summed E-state index contributed by atoms with van der Waals surface area (Å²) in [6.07, 6.45) is 7.19. The molecule has 1 saturated carbocycles. The molecule has 1 saturated heterocycles. The minimum Gasteiger partial charge on any atom is -0.356 e. The summed E-state index contributed by atoms with van der Waals surface area (Å²) < 4.78 is 0. The van der Waals surface area contributed by atoms with Crippen LogP contribution in [0.1, 0.15) is 50.0 Å². The third kappa shape index (κ3) is 5.29. The molecule has 0 bridgehead atoms. The van der Waals surface area contributed by atoms with Crippen molar-refractivity contribution in [3.05, 3.63) is 35.9 Å². The lowest BCUT2D eigenvalue weighted by molar-refractivity contribution is -0.121. The van der Waals surface area contributed by atoms with Crippen molar-refractivity contribution in [3.63, 3.8) is 0 Å². The fraction of sp³-hybridized carbons (Fsp3) is 0.667. The number of nitrogens with two attached hydrogens (primary N) is 1. The second-order valence-corrected chi connectivity index (χ2v) is 7.83. The van der Waals surface area contributed by atoms with Gasteiger partial charge in [-0.1, -0.05) is 49.6 Å². The van der Waals surface area contributed by atoms with Crippen molar-refractivity contribution in [1.29, 1.82) is 0 Å². The molecule has 3 rings (SSSR count). The molecule has 2 fully saturated rings. The van der Waals surface area contributed by atoms with Crippen molar-refractivity contribution in [1.82, 2.24) is 10.2 Å². The van der Waals surface area contributed by atoms with E-state index in [1.165, 1.54) is 37.7 Å². The Labute approximate surface area is 152 Å². The molecule has 2 atom stereocenters. The summed E-state index contributed by atoms with van der Waals surface area (Å²) in [5.74, 6) is 1.90. The minimum absolute atomic E-state index is 0.207. The molecule has 1 aliphatic heterocycles. The molecule has 2 aliphatic rings. The number of carbonyl (C=O) groups is 1. The van der Waals surface area contributed by atoms with Crippen LogP contribution in [0.15, 0.2) is 30.3 Å². The summed E-state index contributed by atoms with van der Waals surface area (Å²) in [5, 5.41) is 3.15. The van der Waals surface area contributed by atoms with Gasteiger partial charge in [0.2, 0.25) is 5.91 Å². The molecule has 1 heterocycles. The topological polar surface area (TPSA) is 58.4 Å². The lowest BCUT2D eigenvalue weighted by atomic mass is 9.89. The van der Waals surface area contributed by atoms with Crippen LogP contribution in [0.4, 0.5) is 0 Å². The van der Waals surface area contributed by atoms with E-state index in [1.807, 2.05) is 0 Å². The first kappa shape index (κ1) is 18.4. The summed E-state index contributed by atoms with van der Waals surface area (Å²) in [6, 6.07) is 10.7. The maximum absolute atomic E-state index is 12.2. The SMILES string of the molecule is NC[C@@H]1CN(CCC(=O)NCC2CCCCC2)C[C@H]1c1ccccc1. The number of nitrogens with one attached hydrogen (secondary N) is 1. The molecule has 1 amide bonds. The molecule has 0 spiro atoms. The first-order valence-corrected chi connectivity index (χ1v) is 10.0. The Morgan fingerprint density at radius 3 is 2.60 bits per heavy atom. The Hall–Kier alpha value is -1.39. The van der Waals surface area contributed by atoms with Gasteiger partial charge in [0.25, 0.3) is 0 Å². The third-order valence-corrected chi connectivity index (χ3v) is 6.01. The van der Waals surface area contributed by atoms with E-state index in [0.29, 0.717) is 30.7 Å². The Bertz CT molecular complexity index is 527. The normalized spacial score (nSPS) is 25.2. The summed E-state index contributed by atoms with van der Waals surface area (Å²) >= 11 is 0. The summed E-state index contributed by atoms with van der Waals surface area (Å²) in [4.78, 5) is 14.6. The van der Waals surface area contributed by atoms with Crippen molar-refractivity contribution in [2.75, 3.05) is 32.7 Å². The van der Waals surface area contributed by atoms with Gasteiger partial charge < -0.3 is 16.0 Å². The fourth-order valence-corrected chi connectivity index (χ4v) is 4.46. The van der Waals surface area contributed by atoms with Gasteiger partial charge in [-0.2, -0.15) is 0 Å². The molecule has 0 unspecified atom stereocenters.